The lowest BCUT2D eigenvalue weighted by Gasteiger charge is -2.03. The zero-order chi connectivity index (χ0) is 16.8. The fourth-order valence-electron chi connectivity index (χ4n) is 1.56. The molecule has 0 radical (unpaired) electrons. The van der Waals surface area contributed by atoms with Crippen LogP contribution >= 0.6 is 11.6 Å². The van der Waals surface area contributed by atoms with Crippen LogP contribution in [0, 0.1) is 5.82 Å². The maximum atomic E-state index is 12.7. The molecule has 2 aromatic carbocycles. The van der Waals surface area contributed by atoms with E-state index >= 15 is 0 Å². The third-order valence-electron chi connectivity index (χ3n) is 2.67. The van der Waals surface area contributed by atoms with Gasteiger partial charge in [-0.3, -0.25) is 9.59 Å². The molecule has 0 bridgehead atoms. The summed E-state index contributed by atoms with van der Waals surface area (Å²) < 4.78 is 12.7. The fourth-order valence-corrected chi connectivity index (χ4v) is 1.74. The van der Waals surface area contributed by atoms with Gasteiger partial charge in [0.25, 0.3) is 0 Å². The van der Waals surface area contributed by atoms with E-state index < -0.39 is 17.6 Å². The van der Waals surface area contributed by atoms with Gasteiger partial charge in [0.1, 0.15) is 11.6 Å². The summed E-state index contributed by atoms with van der Waals surface area (Å²) in [7, 11) is 0. The molecule has 2 aromatic rings. The van der Waals surface area contributed by atoms with E-state index in [1.165, 1.54) is 30.3 Å². The molecule has 0 fully saturated rings. The molecule has 8 heteroatoms. The van der Waals surface area contributed by atoms with Gasteiger partial charge in [-0.2, -0.15) is 5.10 Å². The number of halogens is 2. The zero-order valence-electron chi connectivity index (χ0n) is 11.6. The third kappa shape index (κ3) is 4.79. The fraction of sp³-hybridized carbons (Fsp3) is 0. The molecule has 0 unspecified atom stereocenters. The second-order valence-electron chi connectivity index (χ2n) is 4.36. The summed E-state index contributed by atoms with van der Waals surface area (Å²) in [5.74, 6) is -2.53. The predicted molar refractivity (Wildman–Crippen MR) is 83.9 cm³/mol. The van der Waals surface area contributed by atoms with Gasteiger partial charge in [-0.15, -0.1) is 0 Å². The normalized spacial score (nSPS) is 10.5. The van der Waals surface area contributed by atoms with Crippen LogP contribution < -0.4 is 10.7 Å². The molecule has 0 saturated carbocycles. The lowest BCUT2D eigenvalue weighted by Crippen LogP contribution is -2.32. The molecule has 23 heavy (non-hydrogen) atoms. The molecule has 3 N–H and O–H groups in total. The van der Waals surface area contributed by atoms with Gasteiger partial charge in [-0.1, -0.05) is 11.6 Å². The van der Waals surface area contributed by atoms with Gasteiger partial charge < -0.3 is 10.4 Å². The van der Waals surface area contributed by atoms with Gasteiger partial charge in [-0.05, 0) is 42.5 Å². The minimum atomic E-state index is -1.02. The van der Waals surface area contributed by atoms with Crippen LogP contribution in [0.3, 0.4) is 0 Å². The maximum Gasteiger partial charge on any atom is 0.329 e. The first-order chi connectivity index (χ1) is 11.0. The lowest BCUT2D eigenvalue weighted by atomic mass is 10.2. The van der Waals surface area contributed by atoms with Gasteiger partial charge in [0, 0.05) is 16.3 Å². The van der Waals surface area contributed by atoms with E-state index in [1.54, 1.807) is 0 Å². The van der Waals surface area contributed by atoms with Crippen LogP contribution in [0.4, 0.5) is 10.1 Å². The number of nitrogens with zero attached hydrogens (tertiary/aromatic N) is 1. The van der Waals surface area contributed by atoms with Crippen molar-refractivity contribution >= 4 is 35.3 Å². The number of nitrogens with one attached hydrogen (secondary N) is 2. The highest BCUT2D eigenvalue weighted by Crippen LogP contribution is 2.19. The molecule has 0 saturated heterocycles. The molecular weight excluding hydrogens is 325 g/mol. The minimum absolute atomic E-state index is 0.0804. The Morgan fingerprint density at radius 2 is 1.83 bits per heavy atom. The highest BCUT2D eigenvalue weighted by molar-refractivity contribution is 6.39. The Labute approximate surface area is 135 Å². The number of hydrazone groups is 1. The third-order valence-corrected chi connectivity index (χ3v) is 2.90. The molecule has 0 aliphatic carbocycles. The molecule has 0 aliphatic rings. The van der Waals surface area contributed by atoms with Crippen molar-refractivity contribution in [3.63, 3.8) is 0 Å². The Kier molecular flexibility index (Phi) is 5.27. The summed E-state index contributed by atoms with van der Waals surface area (Å²) in [6, 6.07) is 9.21. The van der Waals surface area contributed by atoms with Crippen LogP contribution in [0.5, 0.6) is 5.75 Å². The zero-order valence-corrected chi connectivity index (χ0v) is 12.3. The summed E-state index contributed by atoms with van der Waals surface area (Å²) >= 11 is 5.76. The van der Waals surface area contributed by atoms with Crippen LogP contribution in [0.1, 0.15) is 5.56 Å². The maximum absolute atomic E-state index is 12.7. The molecule has 0 heterocycles. The monoisotopic (exact) mass is 335 g/mol. The van der Waals surface area contributed by atoms with E-state index in [9.17, 15) is 19.1 Å². The number of phenols is 1. The minimum Gasteiger partial charge on any atom is -0.507 e. The first-order valence-electron chi connectivity index (χ1n) is 6.34. The van der Waals surface area contributed by atoms with E-state index in [4.69, 9.17) is 11.6 Å². The van der Waals surface area contributed by atoms with E-state index in [1.807, 2.05) is 5.43 Å². The molecule has 118 valence electrons. The highest BCUT2D eigenvalue weighted by atomic mass is 35.5. The Balaban J connectivity index is 1.93. The van der Waals surface area contributed by atoms with Crippen molar-refractivity contribution in [2.45, 2.75) is 0 Å². The first-order valence-corrected chi connectivity index (χ1v) is 6.72. The van der Waals surface area contributed by atoms with Crippen LogP contribution in [-0.4, -0.2) is 23.1 Å². The second kappa shape index (κ2) is 7.37. The SMILES string of the molecule is O=C(N/N=C/c1cc(Cl)ccc1O)C(=O)Nc1ccc(F)cc1. The van der Waals surface area contributed by atoms with Gasteiger partial charge >= 0.3 is 11.8 Å². The highest BCUT2D eigenvalue weighted by Gasteiger charge is 2.12. The summed E-state index contributed by atoms with van der Waals surface area (Å²) in [5, 5.41) is 15.8. The topological polar surface area (TPSA) is 90.8 Å². The van der Waals surface area contributed by atoms with Crippen molar-refractivity contribution in [1.82, 2.24) is 5.43 Å². The molecule has 0 aromatic heterocycles. The summed E-state index contributed by atoms with van der Waals surface area (Å²) in [6.07, 6.45) is 1.14. The van der Waals surface area contributed by atoms with E-state index in [-0.39, 0.29) is 17.0 Å². The van der Waals surface area contributed by atoms with Crippen LogP contribution in [0.25, 0.3) is 0 Å². The predicted octanol–water partition coefficient (Wildman–Crippen LogP) is 2.27. The van der Waals surface area contributed by atoms with Gasteiger partial charge in [0.05, 0.1) is 6.21 Å². The van der Waals surface area contributed by atoms with E-state index in [2.05, 4.69) is 10.4 Å². The molecular formula is C15H11ClFN3O3. The first kappa shape index (κ1) is 16.4. The number of hydrogen-bond donors (Lipinski definition) is 3. The van der Waals surface area contributed by atoms with Gasteiger partial charge in [-0.25, -0.2) is 9.82 Å². The summed E-state index contributed by atoms with van der Waals surface area (Å²) in [5.41, 5.74) is 2.54. The number of aromatic hydroxyl groups is 1. The number of phenolic OH excluding ortho intramolecular Hbond substituents is 1. The molecule has 0 spiro atoms. The average Bonchev–Trinajstić information content (AvgIpc) is 2.52. The van der Waals surface area contributed by atoms with Crippen molar-refractivity contribution in [2.75, 3.05) is 5.32 Å². The molecule has 2 amide bonds. The number of carbonyl (C=O) groups excluding carboxylic acids is 2. The number of carbonyl (C=O) groups is 2. The van der Waals surface area contributed by atoms with Gasteiger partial charge in [0.15, 0.2) is 0 Å². The summed E-state index contributed by atoms with van der Waals surface area (Å²) in [6.45, 7) is 0. The van der Waals surface area contributed by atoms with E-state index in [0.717, 1.165) is 18.3 Å². The van der Waals surface area contributed by atoms with Crippen LogP contribution in [-0.2, 0) is 9.59 Å². The average molecular weight is 336 g/mol. The molecule has 2 rings (SSSR count). The second-order valence-corrected chi connectivity index (χ2v) is 4.80. The smallest absolute Gasteiger partial charge is 0.329 e. The largest absolute Gasteiger partial charge is 0.507 e. The quantitative estimate of drug-likeness (QED) is 0.456. The Hall–Kier alpha value is -2.93. The van der Waals surface area contributed by atoms with Crippen molar-refractivity contribution in [1.29, 1.82) is 0 Å². The Morgan fingerprint density at radius 3 is 2.52 bits per heavy atom. The number of rotatable bonds is 3. The lowest BCUT2D eigenvalue weighted by molar-refractivity contribution is -0.136. The summed E-state index contributed by atoms with van der Waals surface area (Å²) in [4.78, 5) is 23.2. The Morgan fingerprint density at radius 1 is 1.13 bits per heavy atom. The number of amides is 2. The van der Waals surface area contributed by atoms with Crippen molar-refractivity contribution in [2.24, 2.45) is 5.10 Å². The van der Waals surface area contributed by atoms with Crippen LogP contribution in [0.15, 0.2) is 47.6 Å². The van der Waals surface area contributed by atoms with Crippen LogP contribution in [0.2, 0.25) is 5.02 Å². The number of benzene rings is 2. The van der Waals surface area contributed by atoms with E-state index in [0.29, 0.717) is 5.02 Å². The standard InChI is InChI=1S/C15H11ClFN3O3/c16-10-1-6-13(21)9(7-10)8-18-20-15(23)14(22)19-12-4-2-11(17)3-5-12/h1-8,21H,(H,19,22)(H,20,23)/b18-8+. The molecule has 0 aliphatic heterocycles. The number of hydrogen-bond acceptors (Lipinski definition) is 4. The molecule has 0 atom stereocenters. The van der Waals surface area contributed by atoms with Crippen molar-refractivity contribution in [3.8, 4) is 5.75 Å². The van der Waals surface area contributed by atoms with Crippen molar-refractivity contribution in [3.05, 3.63) is 58.9 Å². The Bertz CT molecular complexity index is 763. The van der Waals surface area contributed by atoms with Crippen molar-refractivity contribution < 1.29 is 19.1 Å². The molecule has 6 nitrogen and oxygen atoms in total. The number of anilines is 1. The van der Waals surface area contributed by atoms with Gasteiger partial charge in [0.2, 0.25) is 0 Å².